The minimum Gasteiger partial charge on any atom is -0.314 e. The molecule has 1 aliphatic rings. The van der Waals surface area contributed by atoms with Crippen LogP contribution in [0.1, 0.15) is 60.8 Å². The fourth-order valence-electron chi connectivity index (χ4n) is 2.93. The molecule has 1 saturated heterocycles. The van der Waals surface area contributed by atoms with Gasteiger partial charge in [0.15, 0.2) is 0 Å². The summed E-state index contributed by atoms with van der Waals surface area (Å²) in [6.45, 7) is 19.0. The van der Waals surface area contributed by atoms with Crippen molar-refractivity contribution < 1.29 is 0 Å². The van der Waals surface area contributed by atoms with Crippen molar-refractivity contribution in [3.8, 4) is 0 Å². The van der Waals surface area contributed by atoms with Crippen molar-refractivity contribution in [1.82, 2.24) is 10.2 Å². The number of rotatable bonds is 5. The third-order valence-electron chi connectivity index (χ3n) is 4.75. The summed E-state index contributed by atoms with van der Waals surface area (Å²) >= 11 is 0. The fourth-order valence-corrected chi connectivity index (χ4v) is 2.93. The first-order chi connectivity index (χ1) is 8.27. The van der Waals surface area contributed by atoms with Crippen LogP contribution in [-0.2, 0) is 0 Å². The lowest BCUT2D eigenvalue weighted by molar-refractivity contribution is 0.143. The minimum atomic E-state index is 0.352. The van der Waals surface area contributed by atoms with Gasteiger partial charge in [-0.1, -0.05) is 34.6 Å². The zero-order chi connectivity index (χ0) is 13.8. The van der Waals surface area contributed by atoms with Crippen LogP contribution in [0, 0.1) is 10.8 Å². The van der Waals surface area contributed by atoms with Gasteiger partial charge in [-0.2, -0.15) is 0 Å². The lowest BCUT2D eigenvalue weighted by atomic mass is 9.84. The van der Waals surface area contributed by atoms with Gasteiger partial charge in [0.25, 0.3) is 0 Å². The van der Waals surface area contributed by atoms with E-state index in [2.05, 4.69) is 51.8 Å². The van der Waals surface area contributed by atoms with E-state index in [0.717, 1.165) is 6.54 Å². The van der Waals surface area contributed by atoms with E-state index in [1.54, 1.807) is 0 Å². The molecular weight excluding hydrogens is 220 g/mol. The standard InChI is InChI=1S/C16H34N2/c1-7-17-14(2)16(5,6)13-18-11-8-9-15(3,4)10-12-18/h14,17H,7-13H2,1-6H3. The summed E-state index contributed by atoms with van der Waals surface area (Å²) in [5, 5.41) is 3.58. The van der Waals surface area contributed by atoms with E-state index in [0.29, 0.717) is 16.9 Å². The van der Waals surface area contributed by atoms with Crippen LogP contribution in [0.15, 0.2) is 0 Å². The highest BCUT2D eigenvalue weighted by Crippen LogP contribution is 2.31. The Balaban J connectivity index is 2.51. The van der Waals surface area contributed by atoms with Crippen molar-refractivity contribution in [2.24, 2.45) is 10.8 Å². The molecule has 2 nitrogen and oxygen atoms in total. The molecule has 0 aromatic carbocycles. The molecule has 0 spiro atoms. The molecule has 1 atom stereocenters. The predicted molar refractivity (Wildman–Crippen MR) is 81.0 cm³/mol. The van der Waals surface area contributed by atoms with Crippen molar-refractivity contribution in [1.29, 1.82) is 0 Å². The molecule has 1 N–H and O–H groups in total. The highest BCUT2D eigenvalue weighted by Gasteiger charge is 2.30. The summed E-state index contributed by atoms with van der Waals surface area (Å²) < 4.78 is 0. The molecule has 1 fully saturated rings. The van der Waals surface area contributed by atoms with Crippen LogP contribution in [-0.4, -0.2) is 37.1 Å². The Morgan fingerprint density at radius 1 is 1.22 bits per heavy atom. The number of nitrogens with one attached hydrogen (secondary N) is 1. The highest BCUT2D eigenvalue weighted by molar-refractivity contribution is 4.85. The molecule has 1 aliphatic heterocycles. The van der Waals surface area contributed by atoms with Gasteiger partial charge >= 0.3 is 0 Å². The fraction of sp³-hybridized carbons (Fsp3) is 1.00. The average molecular weight is 254 g/mol. The quantitative estimate of drug-likeness (QED) is 0.807. The number of nitrogens with zero attached hydrogens (tertiary/aromatic N) is 1. The molecule has 18 heavy (non-hydrogen) atoms. The normalized spacial score (nSPS) is 23.7. The monoisotopic (exact) mass is 254 g/mol. The molecule has 108 valence electrons. The first-order valence-corrected chi connectivity index (χ1v) is 7.72. The topological polar surface area (TPSA) is 15.3 Å². The van der Waals surface area contributed by atoms with Crippen LogP contribution in [0.2, 0.25) is 0 Å². The lowest BCUT2D eigenvalue weighted by Gasteiger charge is -2.37. The predicted octanol–water partition coefficient (Wildman–Crippen LogP) is 3.52. The van der Waals surface area contributed by atoms with Crippen LogP contribution >= 0.6 is 0 Å². The Morgan fingerprint density at radius 2 is 1.89 bits per heavy atom. The van der Waals surface area contributed by atoms with Crippen molar-refractivity contribution in [3.05, 3.63) is 0 Å². The van der Waals surface area contributed by atoms with Crippen LogP contribution in [0.25, 0.3) is 0 Å². The van der Waals surface area contributed by atoms with Crippen molar-refractivity contribution in [3.63, 3.8) is 0 Å². The Kier molecular flexibility index (Phi) is 5.67. The Labute approximate surface area is 115 Å². The molecule has 2 heteroatoms. The van der Waals surface area contributed by atoms with E-state index in [4.69, 9.17) is 0 Å². The van der Waals surface area contributed by atoms with E-state index in [-0.39, 0.29) is 0 Å². The van der Waals surface area contributed by atoms with Gasteiger partial charge < -0.3 is 10.2 Å². The SMILES string of the molecule is CCNC(C)C(C)(C)CN1CCCC(C)(C)CC1. The largest absolute Gasteiger partial charge is 0.314 e. The summed E-state index contributed by atoms with van der Waals surface area (Å²) in [5.74, 6) is 0. The third-order valence-corrected chi connectivity index (χ3v) is 4.75. The van der Waals surface area contributed by atoms with E-state index in [1.165, 1.54) is 38.9 Å². The molecule has 0 radical (unpaired) electrons. The Bertz CT molecular complexity index is 245. The van der Waals surface area contributed by atoms with Crippen LogP contribution in [0.4, 0.5) is 0 Å². The van der Waals surface area contributed by atoms with E-state index in [1.807, 2.05) is 0 Å². The maximum atomic E-state index is 3.58. The van der Waals surface area contributed by atoms with E-state index >= 15 is 0 Å². The van der Waals surface area contributed by atoms with Gasteiger partial charge in [-0.25, -0.2) is 0 Å². The van der Waals surface area contributed by atoms with Crippen molar-refractivity contribution >= 4 is 0 Å². The minimum absolute atomic E-state index is 0.352. The molecular formula is C16H34N2. The van der Waals surface area contributed by atoms with Crippen LogP contribution in [0.3, 0.4) is 0 Å². The molecule has 1 heterocycles. The van der Waals surface area contributed by atoms with Crippen LogP contribution < -0.4 is 5.32 Å². The van der Waals surface area contributed by atoms with Crippen molar-refractivity contribution in [2.45, 2.75) is 66.8 Å². The Morgan fingerprint density at radius 3 is 2.50 bits per heavy atom. The first-order valence-electron chi connectivity index (χ1n) is 7.72. The van der Waals surface area contributed by atoms with E-state index < -0.39 is 0 Å². The van der Waals surface area contributed by atoms with Gasteiger partial charge in [0, 0.05) is 12.6 Å². The molecule has 0 aromatic rings. The van der Waals surface area contributed by atoms with E-state index in [9.17, 15) is 0 Å². The third kappa shape index (κ3) is 4.89. The Hall–Kier alpha value is -0.0800. The van der Waals surface area contributed by atoms with Gasteiger partial charge in [-0.15, -0.1) is 0 Å². The first kappa shape index (κ1) is 16.0. The maximum Gasteiger partial charge on any atom is 0.0102 e. The van der Waals surface area contributed by atoms with Crippen LogP contribution in [0.5, 0.6) is 0 Å². The van der Waals surface area contributed by atoms with Gasteiger partial charge in [-0.05, 0) is 56.7 Å². The second-order valence-corrected chi connectivity index (χ2v) is 7.56. The lowest BCUT2D eigenvalue weighted by Crippen LogP contribution is -2.47. The highest BCUT2D eigenvalue weighted by atomic mass is 15.1. The van der Waals surface area contributed by atoms with Gasteiger partial charge in [0.1, 0.15) is 0 Å². The zero-order valence-corrected chi connectivity index (χ0v) is 13.5. The second kappa shape index (κ2) is 6.38. The molecule has 1 rings (SSSR count). The molecule has 0 aromatic heterocycles. The second-order valence-electron chi connectivity index (χ2n) is 7.56. The number of hydrogen-bond donors (Lipinski definition) is 1. The molecule has 0 bridgehead atoms. The summed E-state index contributed by atoms with van der Waals surface area (Å²) in [7, 11) is 0. The van der Waals surface area contributed by atoms with Crippen molar-refractivity contribution in [2.75, 3.05) is 26.2 Å². The maximum absolute atomic E-state index is 3.58. The average Bonchev–Trinajstić information content (AvgIpc) is 2.40. The number of hydrogen-bond acceptors (Lipinski definition) is 2. The zero-order valence-electron chi connectivity index (χ0n) is 13.5. The smallest absolute Gasteiger partial charge is 0.0102 e. The number of likely N-dealkylation sites (tertiary alicyclic amines) is 1. The molecule has 0 saturated carbocycles. The molecule has 1 unspecified atom stereocenters. The molecule has 0 amide bonds. The molecule has 0 aliphatic carbocycles. The summed E-state index contributed by atoms with van der Waals surface area (Å²) in [6, 6.07) is 0.582. The van der Waals surface area contributed by atoms with Gasteiger partial charge in [0.05, 0.1) is 0 Å². The summed E-state index contributed by atoms with van der Waals surface area (Å²) in [5.41, 5.74) is 0.899. The summed E-state index contributed by atoms with van der Waals surface area (Å²) in [6.07, 6.45) is 4.09. The summed E-state index contributed by atoms with van der Waals surface area (Å²) in [4.78, 5) is 2.68. The van der Waals surface area contributed by atoms with Gasteiger partial charge in [0.2, 0.25) is 0 Å². The van der Waals surface area contributed by atoms with Gasteiger partial charge in [-0.3, -0.25) is 0 Å².